The van der Waals surface area contributed by atoms with Crippen molar-refractivity contribution in [2.45, 2.75) is 455 Å². The van der Waals surface area contributed by atoms with Crippen molar-refractivity contribution in [1.29, 1.82) is 0 Å². The lowest BCUT2D eigenvalue weighted by molar-refractivity contribution is -0.302. The van der Waals surface area contributed by atoms with Crippen LogP contribution in [-0.4, -0.2) is 100 Å². The summed E-state index contributed by atoms with van der Waals surface area (Å²) in [6, 6.07) is -0.805. The largest absolute Gasteiger partial charge is 0.466 e. The Morgan fingerprint density at radius 3 is 1.09 bits per heavy atom. The average molecular weight is 1340 g/mol. The van der Waals surface area contributed by atoms with Gasteiger partial charge >= 0.3 is 5.97 Å². The number of rotatable bonds is 74. The summed E-state index contributed by atoms with van der Waals surface area (Å²) in [4.78, 5) is 25.2. The molecule has 7 unspecified atom stereocenters. The topological polar surface area (TPSA) is 175 Å². The minimum atomic E-state index is -1.57. The number of carbonyl (C=O) groups is 2. The number of aliphatic hydroxyl groups is 5. The fourth-order valence-electron chi connectivity index (χ4n) is 13.2. The first-order valence-electron chi connectivity index (χ1n) is 41.4. The lowest BCUT2D eigenvalue weighted by atomic mass is 9.99. The third kappa shape index (κ3) is 61.2. The normalized spacial score (nSPS) is 17.6. The van der Waals surface area contributed by atoms with Crippen molar-refractivity contribution in [3.63, 3.8) is 0 Å². The predicted molar refractivity (Wildman–Crippen MR) is 403 cm³/mol. The van der Waals surface area contributed by atoms with Gasteiger partial charge in [-0.2, -0.15) is 0 Å². The van der Waals surface area contributed by atoms with Gasteiger partial charge in [-0.1, -0.05) is 358 Å². The van der Waals surface area contributed by atoms with E-state index in [0.29, 0.717) is 19.4 Å². The zero-order valence-electron chi connectivity index (χ0n) is 62.4. The molecular formula is C84H157NO10. The molecule has 1 aliphatic rings. The number of aliphatic hydroxyl groups excluding tert-OH is 5. The van der Waals surface area contributed by atoms with Gasteiger partial charge in [0.2, 0.25) is 5.91 Å². The molecule has 0 aromatic carbocycles. The van der Waals surface area contributed by atoms with E-state index < -0.39 is 49.5 Å². The van der Waals surface area contributed by atoms with E-state index in [9.17, 15) is 35.1 Å². The van der Waals surface area contributed by atoms with E-state index in [4.69, 9.17) is 14.2 Å². The number of carbonyl (C=O) groups excluding carboxylic acids is 2. The minimum absolute atomic E-state index is 0.0134. The average Bonchev–Trinajstić information content (AvgIpc) is 0.847. The standard InChI is InChI=1S/C84H157NO10/c1-3-5-7-9-11-13-14-15-16-17-39-43-46-49-52-56-60-64-68-72-80(89)93-73-69-65-61-57-53-50-47-44-41-38-36-34-32-30-28-26-24-22-20-18-19-21-23-25-27-29-31-33-35-37-40-42-45-48-51-55-59-63-67-71-79(88)85-76(77(87)70-66-62-58-54-12-10-8-6-4-2)75-94-84-83(92)82(91)81(90)78(74-86)95-84/h11,13,15-16,18-19,66,70,76-78,81-84,86-87,90-92H,3-10,12,14,17,20-65,67-69,71-75H2,1-2H3,(H,85,88)/b13-11-,16-15-,19-18-,70-66+. The van der Waals surface area contributed by atoms with E-state index in [2.05, 4.69) is 55.6 Å². The maximum Gasteiger partial charge on any atom is 0.305 e. The summed E-state index contributed by atoms with van der Waals surface area (Å²) >= 11 is 0. The van der Waals surface area contributed by atoms with Gasteiger partial charge in [0.15, 0.2) is 6.29 Å². The Bertz CT molecular complexity index is 1720. The fraction of sp³-hybridized carbons (Fsp3) is 0.881. The van der Waals surface area contributed by atoms with Gasteiger partial charge in [-0.25, -0.2) is 0 Å². The lowest BCUT2D eigenvalue weighted by Gasteiger charge is -2.40. The van der Waals surface area contributed by atoms with Gasteiger partial charge < -0.3 is 45.1 Å². The molecular weight excluding hydrogens is 1180 g/mol. The molecule has 1 amide bonds. The summed E-state index contributed by atoms with van der Waals surface area (Å²) in [5.74, 6) is -0.164. The number of hydrogen-bond donors (Lipinski definition) is 6. The summed E-state index contributed by atoms with van der Waals surface area (Å²) in [6.07, 6.45) is 87.5. The first-order valence-corrected chi connectivity index (χ1v) is 41.4. The van der Waals surface area contributed by atoms with Gasteiger partial charge in [-0.3, -0.25) is 9.59 Å². The summed E-state index contributed by atoms with van der Waals surface area (Å²) in [5, 5.41) is 54.4. The van der Waals surface area contributed by atoms with Crippen molar-refractivity contribution in [1.82, 2.24) is 5.32 Å². The number of hydrogen-bond acceptors (Lipinski definition) is 10. The molecule has 6 N–H and O–H groups in total. The SMILES string of the molecule is CCCCC/C=C\C/C=C\CCCCCCCCCCCC(=O)OCCCCCCCCCCCCCCCCCCCC/C=C\CCCCCCCCCCCCCCCCCCCC(=O)NC(COC1OC(CO)C(O)C(O)C1O)C(O)/C=C/CCCCCCCCC. The summed E-state index contributed by atoms with van der Waals surface area (Å²) in [6.45, 7) is 4.34. The van der Waals surface area contributed by atoms with Gasteiger partial charge in [-0.05, 0) is 89.9 Å². The molecule has 0 aromatic heterocycles. The molecule has 0 saturated carbocycles. The lowest BCUT2D eigenvalue weighted by Crippen LogP contribution is -2.60. The molecule has 95 heavy (non-hydrogen) atoms. The number of ether oxygens (including phenoxy) is 3. The Morgan fingerprint density at radius 2 is 0.705 bits per heavy atom. The van der Waals surface area contributed by atoms with Gasteiger partial charge in [0.1, 0.15) is 24.4 Å². The van der Waals surface area contributed by atoms with Crippen LogP contribution in [0.5, 0.6) is 0 Å². The second-order valence-electron chi connectivity index (χ2n) is 28.8. The van der Waals surface area contributed by atoms with Gasteiger partial charge in [0.25, 0.3) is 0 Å². The Morgan fingerprint density at radius 1 is 0.389 bits per heavy atom. The molecule has 7 atom stereocenters. The number of esters is 1. The number of unbranched alkanes of at least 4 members (excludes halogenated alkanes) is 54. The molecule has 11 heteroatoms. The highest BCUT2D eigenvalue weighted by atomic mass is 16.7. The van der Waals surface area contributed by atoms with Crippen molar-refractivity contribution in [2.24, 2.45) is 0 Å². The molecule has 0 spiro atoms. The highest BCUT2D eigenvalue weighted by molar-refractivity contribution is 5.76. The molecule has 1 rings (SSSR count). The predicted octanol–water partition coefficient (Wildman–Crippen LogP) is 22.6. The molecule has 0 radical (unpaired) electrons. The highest BCUT2D eigenvalue weighted by Gasteiger charge is 2.44. The van der Waals surface area contributed by atoms with Crippen molar-refractivity contribution in [3.8, 4) is 0 Å². The van der Waals surface area contributed by atoms with Crippen molar-refractivity contribution in [2.75, 3.05) is 19.8 Å². The maximum atomic E-state index is 13.0. The zero-order chi connectivity index (χ0) is 68.6. The molecule has 11 nitrogen and oxygen atoms in total. The molecule has 1 aliphatic heterocycles. The van der Waals surface area contributed by atoms with Crippen LogP contribution in [0.2, 0.25) is 0 Å². The number of nitrogens with one attached hydrogen (secondary N) is 1. The highest BCUT2D eigenvalue weighted by Crippen LogP contribution is 2.24. The van der Waals surface area contributed by atoms with Crippen LogP contribution < -0.4 is 5.32 Å². The van der Waals surface area contributed by atoms with E-state index in [1.165, 1.54) is 321 Å². The Balaban J connectivity index is 1.83. The molecule has 1 saturated heterocycles. The fourth-order valence-corrected chi connectivity index (χ4v) is 13.2. The van der Waals surface area contributed by atoms with Crippen LogP contribution in [0, 0.1) is 0 Å². The van der Waals surface area contributed by atoms with E-state index in [0.717, 1.165) is 64.2 Å². The Labute approximate surface area is 586 Å². The van der Waals surface area contributed by atoms with Crippen LogP contribution in [0.4, 0.5) is 0 Å². The monoisotopic (exact) mass is 1340 g/mol. The zero-order valence-corrected chi connectivity index (χ0v) is 62.4. The van der Waals surface area contributed by atoms with Crippen LogP contribution in [-0.2, 0) is 23.8 Å². The van der Waals surface area contributed by atoms with E-state index in [1.807, 2.05) is 6.08 Å². The van der Waals surface area contributed by atoms with Crippen LogP contribution in [0.15, 0.2) is 48.6 Å². The molecule has 558 valence electrons. The van der Waals surface area contributed by atoms with Crippen molar-refractivity contribution < 1.29 is 49.3 Å². The molecule has 1 fully saturated rings. The summed E-state index contributed by atoms with van der Waals surface area (Å²) < 4.78 is 16.8. The molecule has 0 aromatic rings. The van der Waals surface area contributed by atoms with Gasteiger partial charge in [0.05, 0.1) is 32.0 Å². The maximum absolute atomic E-state index is 13.0. The second-order valence-corrected chi connectivity index (χ2v) is 28.8. The molecule has 0 aliphatic carbocycles. The second kappa shape index (κ2) is 72.9. The Hall–Kier alpha value is -2.38. The van der Waals surface area contributed by atoms with Crippen molar-refractivity contribution >= 4 is 11.9 Å². The molecule has 0 bridgehead atoms. The molecule has 1 heterocycles. The van der Waals surface area contributed by atoms with Gasteiger partial charge in [0, 0.05) is 12.8 Å². The first-order chi connectivity index (χ1) is 46.7. The van der Waals surface area contributed by atoms with Crippen LogP contribution in [0.3, 0.4) is 0 Å². The van der Waals surface area contributed by atoms with Crippen LogP contribution in [0.25, 0.3) is 0 Å². The summed E-state index contributed by atoms with van der Waals surface area (Å²) in [7, 11) is 0. The van der Waals surface area contributed by atoms with E-state index in [1.54, 1.807) is 6.08 Å². The smallest absolute Gasteiger partial charge is 0.305 e. The van der Waals surface area contributed by atoms with E-state index >= 15 is 0 Å². The van der Waals surface area contributed by atoms with Crippen LogP contribution >= 0.6 is 0 Å². The van der Waals surface area contributed by atoms with Crippen LogP contribution in [0.1, 0.15) is 412 Å². The third-order valence-corrected chi connectivity index (χ3v) is 19.7. The quantitative estimate of drug-likeness (QED) is 0.0195. The first kappa shape index (κ1) is 90.6. The van der Waals surface area contributed by atoms with Gasteiger partial charge in [-0.15, -0.1) is 0 Å². The third-order valence-electron chi connectivity index (χ3n) is 19.7. The minimum Gasteiger partial charge on any atom is -0.466 e. The number of allylic oxidation sites excluding steroid dienone is 7. The number of amides is 1. The summed E-state index contributed by atoms with van der Waals surface area (Å²) in [5.41, 5.74) is 0. The Kier molecular flexibility index (Phi) is 69.5. The van der Waals surface area contributed by atoms with E-state index in [-0.39, 0.29) is 18.5 Å². The van der Waals surface area contributed by atoms with Crippen molar-refractivity contribution in [3.05, 3.63) is 48.6 Å².